The second kappa shape index (κ2) is 6.73. The molecule has 1 unspecified atom stereocenters. The molecule has 2 rings (SSSR count). The number of halogens is 1. The summed E-state index contributed by atoms with van der Waals surface area (Å²) in [5.74, 6) is 0.315. The maximum Gasteiger partial charge on any atom is 0.115 e. The van der Waals surface area contributed by atoms with E-state index in [2.05, 4.69) is 39.4 Å². The topological polar surface area (TPSA) is 32.3 Å². The normalized spacial score (nSPS) is 12.3. The van der Waals surface area contributed by atoms with E-state index in [4.69, 9.17) is 0 Å². The molecule has 2 nitrogen and oxygen atoms in total. The quantitative estimate of drug-likeness (QED) is 0.883. The molecule has 2 N–H and O–H groups in total. The summed E-state index contributed by atoms with van der Waals surface area (Å²) in [6.07, 6.45) is 1.91. The minimum atomic E-state index is 0.315. The molecule has 0 spiro atoms. The van der Waals surface area contributed by atoms with E-state index in [1.165, 1.54) is 11.1 Å². The molecular weight excluding hydrogens is 302 g/mol. The van der Waals surface area contributed by atoms with Crippen LogP contribution in [0.25, 0.3) is 0 Å². The van der Waals surface area contributed by atoms with Gasteiger partial charge < -0.3 is 10.4 Å². The highest BCUT2D eigenvalue weighted by molar-refractivity contribution is 9.10. The van der Waals surface area contributed by atoms with Crippen molar-refractivity contribution in [3.05, 3.63) is 64.1 Å². The van der Waals surface area contributed by atoms with Gasteiger partial charge in [0, 0.05) is 10.5 Å². The standard InChI is InChI=1S/C16H18BrNO/c1-18-14(10-12-6-8-15(19)9-7-12)11-13-4-2-3-5-16(13)17/h2-9,14,18-19H,10-11H2,1H3. The molecule has 0 radical (unpaired) electrons. The molecule has 0 aliphatic heterocycles. The molecule has 0 fully saturated rings. The second-order valence-electron chi connectivity index (χ2n) is 4.65. The van der Waals surface area contributed by atoms with Gasteiger partial charge in [-0.25, -0.2) is 0 Å². The molecule has 0 aliphatic rings. The van der Waals surface area contributed by atoms with Gasteiger partial charge in [0.1, 0.15) is 5.75 Å². The fraction of sp³-hybridized carbons (Fsp3) is 0.250. The monoisotopic (exact) mass is 319 g/mol. The highest BCUT2D eigenvalue weighted by atomic mass is 79.9. The number of aromatic hydroxyl groups is 1. The average Bonchev–Trinajstić information content (AvgIpc) is 2.43. The summed E-state index contributed by atoms with van der Waals surface area (Å²) in [6, 6.07) is 16.1. The third-order valence-electron chi connectivity index (χ3n) is 3.25. The van der Waals surface area contributed by atoms with E-state index < -0.39 is 0 Å². The molecule has 0 aromatic heterocycles. The van der Waals surface area contributed by atoms with Gasteiger partial charge in [-0.15, -0.1) is 0 Å². The van der Waals surface area contributed by atoms with Crippen molar-refractivity contribution in [1.82, 2.24) is 5.32 Å². The summed E-state index contributed by atoms with van der Waals surface area (Å²) in [4.78, 5) is 0. The van der Waals surface area contributed by atoms with Crippen molar-refractivity contribution in [2.45, 2.75) is 18.9 Å². The minimum absolute atomic E-state index is 0.315. The number of benzene rings is 2. The van der Waals surface area contributed by atoms with Gasteiger partial charge in [-0.1, -0.05) is 46.3 Å². The van der Waals surface area contributed by atoms with E-state index in [1.54, 1.807) is 12.1 Å². The number of nitrogens with one attached hydrogen (secondary N) is 1. The second-order valence-corrected chi connectivity index (χ2v) is 5.51. The third kappa shape index (κ3) is 4.08. The Hall–Kier alpha value is -1.32. The summed E-state index contributed by atoms with van der Waals surface area (Å²) >= 11 is 3.59. The van der Waals surface area contributed by atoms with Gasteiger partial charge in [0.15, 0.2) is 0 Å². The predicted octanol–water partition coefficient (Wildman–Crippen LogP) is 3.53. The zero-order valence-electron chi connectivity index (χ0n) is 10.9. The Morgan fingerprint density at radius 1 is 1.05 bits per heavy atom. The lowest BCUT2D eigenvalue weighted by molar-refractivity contribution is 0.474. The molecule has 2 aromatic carbocycles. The first-order valence-corrected chi connectivity index (χ1v) is 7.17. The molecule has 0 aliphatic carbocycles. The lowest BCUT2D eigenvalue weighted by Crippen LogP contribution is -2.30. The summed E-state index contributed by atoms with van der Waals surface area (Å²) in [5, 5.41) is 12.7. The molecule has 1 atom stereocenters. The maximum absolute atomic E-state index is 9.30. The van der Waals surface area contributed by atoms with Crippen LogP contribution in [0.1, 0.15) is 11.1 Å². The van der Waals surface area contributed by atoms with Crippen LogP contribution in [0, 0.1) is 0 Å². The zero-order valence-corrected chi connectivity index (χ0v) is 12.5. The zero-order chi connectivity index (χ0) is 13.7. The molecule has 0 bridgehead atoms. The molecule has 0 saturated heterocycles. The van der Waals surface area contributed by atoms with Crippen molar-refractivity contribution in [3.8, 4) is 5.75 Å². The van der Waals surface area contributed by atoms with E-state index in [0.29, 0.717) is 11.8 Å². The summed E-state index contributed by atoms with van der Waals surface area (Å²) in [5.41, 5.74) is 2.53. The van der Waals surface area contributed by atoms with E-state index in [1.807, 2.05) is 25.2 Å². The van der Waals surface area contributed by atoms with Gasteiger partial charge in [-0.05, 0) is 49.2 Å². The smallest absolute Gasteiger partial charge is 0.115 e. The number of phenols is 1. The molecule has 3 heteroatoms. The van der Waals surface area contributed by atoms with Gasteiger partial charge in [0.2, 0.25) is 0 Å². The van der Waals surface area contributed by atoms with Crippen LogP contribution < -0.4 is 5.32 Å². The Kier molecular flexibility index (Phi) is 5.00. The highest BCUT2D eigenvalue weighted by Gasteiger charge is 2.10. The first-order valence-electron chi connectivity index (χ1n) is 6.37. The van der Waals surface area contributed by atoms with Crippen LogP contribution in [-0.2, 0) is 12.8 Å². The SMILES string of the molecule is CNC(Cc1ccc(O)cc1)Cc1ccccc1Br. The lowest BCUT2D eigenvalue weighted by Gasteiger charge is -2.17. The van der Waals surface area contributed by atoms with Crippen LogP contribution in [0.5, 0.6) is 5.75 Å². The molecule has 0 saturated carbocycles. The molecule has 2 aromatic rings. The van der Waals surface area contributed by atoms with Crippen molar-refractivity contribution in [1.29, 1.82) is 0 Å². The predicted molar refractivity (Wildman–Crippen MR) is 82.5 cm³/mol. The number of hydrogen-bond donors (Lipinski definition) is 2. The Bertz CT molecular complexity index is 525. The Balaban J connectivity index is 2.05. The van der Waals surface area contributed by atoms with Crippen molar-refractivity contribution in [2.75, 3.05) is 7.05 Å². The van der Waals surface area contributed by atoms with Crippen molar-refractivity contribution in [2.24, 2.45) is 0 Å². The van der Waals surface area contributed by atoms with Crippen LogP contribution in [0.15, 0.2) is 53.0 Å². The molecule has 0 heterocycles. The van der Waals surface area contributed by atoms with E-state index >= 15 is 0 Å². The van der Waals surface area contributed by atoms with Crippen LogP contribution >= 0.6 is 15.9 Å². The summed E-state index contributed by atoms with van der Waals surface area (Å²) < 4.78 is 1.15. The van der Waals surface area contributed by atoms with Crippen molar-refractivity contribution in [3.63, 3.8) is 0 Å². The van der Waals surface area contributed by atoms with Crippen LogP contribution in [0.2, 0.25) is 0 Å². The maximum atomic E-state index is 9.30. The first kappa shape index (κ1) is 14.1. The Labute approximate surface area is 122 Å². The highest BCUT2D eigenvalue weighted by Crippen LogP contribution is 2.19. The van der Waals surface area contributed by atoms with Gasteiger partial charge in [0.05, 0.1) is 0 Å². The third-order valence-corrected chi connectivity index (χ3v) is 4.02. The average molecular weight is 320 g/mol. The van der Waals surface area contributed by atoms with Crippen LogP contribution in [0.4, 0.5) is 0 Å². The fourth-order valence-electron chi connectivity index (χ4n) is 2.12. The van der Waals surface area contributed by atoms with Crippen molar-refractivity contribution < 1.29 is 5.11 Å². The Morgan fingerprint density at radius 2 is 1.74 bits per heavy atom. The van der Waals surface area contributed by atoms with Gasteiger partial charge in [-0.2, -0.15) is 0 Å². The minimum Gasteiger partial charge on any atom is -0.508 e. The van der Waals surface area contributed by atoms with E-state index in [-0.39, 0.29) is 0 Å². The Morgan fingerprint density at radius 3 is 2.37 bits per heavy atom. The lowest BCUT2D eigenvalue weighted by atomic mass is 9.99. The number of hydrogen-bond acceptors (Lipinski definition) is 2. The van der Waals surface area contributed by atoms with Crippen molar-refractivity contribution >= 4 is 15.9 Å². The fourth-order valence-corrected chi connectivity index (χ4v) is 2.57. The molecule has 19 heavy (non-hydrogen) atoms. The summed E-state index contributed by atoms with van der Waals surface area (Å²) in [7, 11) is 1.99. The van der Waals surface area contributed by atoms with Gasteiger partial charge >= 0.3 is 0 Å². The number of likely N-dealkylation sites (N-methyl/N-ethyl adjacent to an activating group) is 1. The molecule has 0 amide bonds. The number of rotatable bonds is 5. The van der Waals surface area contributed by atoms with Crippen LogP contribution in [-0.4, -0.2) is 18.2 Å². The number of phenolic OH excluding ortho intramolecular Hbond substituents is 1. The van der Waals surface area contributed by atoms with Crippen LogP contribution in [0.3, 0.4) is 0 Å². The first-order chi connectivity index (χ1) is 9.19. The molecule has 100 valence electrons. The van der Waals surface area contributed by atoms with Gasteiger partial charge in [0.25, 0.3) is 0 Å². The van der Waals surface area contributed by atoms with E-state index in [9.17, 15) is 5.11 Å². The van der Waals surface area contributed by atoms with E-state index in [0.717, 1.165) is 17.3 Å². The largest absolute Gasteiger partial charge is 0.508 e. The van der Waals surface area contributed by atoms with Gasteiger partial charge in [-0.3, -0.25) is 0 Å². The molecular formula is C16H18BrNO. The summed E-state index contributed by atoms with van der Waals surface area (Å²) in [6.45, 7) is 0.